The summed E-state index contributed by atoms with van der Waals surface area (Å²) in [5.41, 5.74) is 2.96. The van der Waals surface area contributed by atoms with Gasteiger partial charge < -0.3 is 14.4 Å². The van der Waals surface area contributed by atoms with Crippen molar-refractivity contribution in [2.75, 3.05) is 18.5 Å². The maximum absolute atomic E-state index is 14.2. The summed E-state index contributed by atoms with van der Waals surface area (Å²) >= 11 is 0. The van der Waals surface area contributed by atoms with Crippen LogP contribution >= 0.6 is 7.60 Å². The SMILES string of the molecule is CCOP(=O)(Cc1ccc(NC(=O)/C=C/c2cnn(C)c2-c2ccccc2F)cc1)OCC. The summed E-state index contributed by atoms with van der Waals surface area (Å²) in [5, 5.41) is 6.96. The highest BCUT2D eigenvalue weighted by Crippen LogP contribution is 2.51. The van der Waals surface area contributed by atoms with Gasteiger partial charge in [-0.1, -0.05) is 24.3 Å². The van der Waals surface area contributed by atoms with Crippen LogP contribution in [0.15, 0.2) is 60.8 Å². The van der Waals surface area contributed by atoms with E-state index >= 15 is 0 Å². The Balaban J connectivity index is 1.67. The van der Waals surface area contributed by atoms with Crippen LogP contribution in [0.2, 0.25) is 0 Å². The van der Waals surface area contributed by atoms with E-state index in [4.69, 9.17) is 9.05 Å². The first-order valence-corrected chi connectivity index (χ1v) is 12.3. The normalized spacial score (nSPS) is 11.8. The van der Waals surface area contributed by atoms with E-state index in [0.29, 0.717) is 35.7 Å². The van der Waals surface area contributed by atoms with E-state index in [1.54, 1.807) is 80.3 Å². The van der Waals surface area contributed by atoms with Crippen LogP contribution in [0.1, 0.15) is 25.0 Å². The molecule has 174 valence electrons. The van der Waals surface area contributed by atoms with Crippen LogP contribution in [-0.4, -0.2) is 28.9 Å². The van der Waals surface area contributed by atoms with Gasteiger partial charge in [0.1, 0.15) is 5.82 Å². The number of amides is 1. The molecule has 33 heavy (non-hydrogen) atoms. The van der Waals surface area contributed by atoms with Gasteiger partial charge in [-0.2, -0.15) is 5.10 Å². The Labute approximate surface area is 192 Å². The number of hydrogen-bond donors (Lipinski definition) is 1. The number of halogens is 1. The smallest absolute Gasteiger partial charge is 0.323 e. The second-order valence-corrected chi connectivity index (χ2v) is 9.23. The minimum absolute atomic E-state index is 0.155. The summed E-state index contributed by atoms with van der Waals surface area (Å²) in [5.74, 6) is -0.709. The van der Waals surface area contributed by atoms with Crippen molar-refractivity contribution < 1.29 is 22.8 Å². The number of anilines is 1. The third-order valence-electron chi connectivity index (χ3n) is 4.76. The minimum Gasteiger partial charge on any atom is -0.323 e. The average molecular weight is 471 g/mol. The molecule has 0 unspecified atom stereocenters. The summed E-state index contributed by atoms with van der Waals surface area (Å²) in [6.07, 6.45) is 4.70. The second-order valence-electron chi connectivity index (χ2n) is 7.18. The monoisotopic (exact) mass is 471 g/mol. The molecule has 0 atom stereocenters. The van der Waals surface area contributed by atoms with Gasteiger partial charge in [-0.25, -0.2) is 4.39 Å². The molecule has 7 nitrogen and oxygen atoms in total. The van der Waals surface area contributed by atoms with Gasteiger partial charge in [0.2, 0.25) is 5.91 Å². The van der Waals surface area contributed by atoms with Crippen LogP contribution in [0, 0.1) is 5.82 Å². The molecular weight excluding hydrogens is 444 g/mol. The first-order valence-electron chi connectivity index (χ1n) is 10.6. The Kier molecular flexibility index (Phi) is 8.33. The fourth-order valence-corrected chi connectivity index (χ4v) is 5.05. The lowest BCUT2D eigenvalue weighted by Gasteiger charge is -2.17. The lowest BCUT2D eigenvalue weighted by atomic mass is 10.1. The number of hydrogen-bond acceptors (Lipinski definition) is 5. The molecule has 0 aliphatic carbocycles. The Bertz CT molecular complexity index is 1160. The molecule has 1 amide bonds. The Morgan fingerprint density at radius 3 is 2.42 bits per heavy atom. The molecule has 2 aromatic carbocycles. The Hall–Kier alpha value is -3.06. The first kappa shape index (κ1) is 24.6. The molecule has 3 rings (SSSR count). The molecule has 3 aromatic rings. The second kappa shape index (κ2) is 11.2. The average Bonchev–Trinajstić information content (AvgIpc) is 3.14. The maximum atomic E-state index is 14.2. The molecule has 0 radical (unpaired) electrons. The predicted octanol–water partition coefficient (Wildman–Crippen LogP) is 5.64. The van der Waals surface area contributed by atoms with Gasteiger partial charge in [-0.15, -0.1) is 0 Å². The van der Waals surface area contributed by atoms with Gasteiger partial charge in [0, 0.05) is 29.9 Å². The van der Waals surface area contributed by atoms with E-state index in [0.717, 1.165) is 5.56 Å². The van der Waals surface area contributed by atoms with Gasteiger partial charge in [0.25, 0.3) is 0 Å². The van der Waals surface area contributed by atoms with Gasteiger partial charge in [-0.05, 0) is 49.8 Å². The molecule has 9 heteroatoms. The largest absolute Gasteiger partial charge is 0.335 e. The van der Waals surface area contributed by atoms with Gasteiger partial charge in [0.05, 0.1) is 31.3 Å². The molecule has 0 saturated carbocycles. The molecule has 0 saturated heterocycles. The number of nitrogens with zero attached hydrogens (tertiary/aromatic N) is 2. The first-order chi connectivity index (χ1) is 15.8. The van der Waals surface area contributed by atoms with Crippen molar-refractivity contribution in [2.45, 2.75) is 20.0 Å². The number of carbonyl (C=O) groups is 1. The zero-order valence-electron chi connectivity index (χ0n) is 18.8. The fraction of sp³-hybridized carbons (Fsp3) is 0.250. The fourth-order valence-electron chi connectivity index (χ4n) is 3.35. The molecule has 0 spiro atoms. The highest BCUT2D eigenvalue weighted by atomic mass is 31.2. The third kappa shape index (κ3) is 6.48. The number of aromatic nitrogens is 2. The topological polar surface area (TPSA) is 82.5 Å². The lowest BCUT2D eigenvalue weighted by molar-refractivity contribution is -0.111. The van der Waals surface area contributed by atoms with Gasteiger partial charge >= 0.3 is 7.60 Å². The third-order valence-corrected chi connectivity index (χ3v) is 6.82. The van der Waals surface area contributed by atoms with Crippen molar-refractivity contribution in [3.05, 3.63) is 77.7 Å². The number of carbonyl (C=O) groups excluding carboxylic acids is 1. The zero-order chi connectivity index (χ0) is 23.8. The van der Waals surface area contributed by atoms with E-state index in [-0.39, 0.29) is 17.9 Å². The molecule has 1 N–H and O–H groups in total. The molecule has 1 heterocycles. The van der Waals surface area contributed by atoms with Crippen LogP contribution < -0.4 is 5.32 Å². The van der Waals surface area contributed by atoms with Crippen molar-refractivity contribution in [2.24, 2.45) is 7.05 Å². The number of nitrogens with one attached hydrogen (secondary N) is 1. The van der Waals surface area contributed by atoms with Gasteiger partial charge in [-0.3, -0.25) is 14.0 Å². The highest BCUT2D eigenvalue weighted by molar-refractivity contribution is 7.53. The van der Waals surface area contributed by atoms with Crippen molar-refractivity contribution in [3.8, 4) is 11.3 Å². The minimum atomic E-state index is -3.19. The van der Waals surface area contributed by atoms with Crippen LogP contribution in [0.25, 0.3) is 17.3 Å². The summed E-state index contributed by atoms with van der Waals surface area (Å²) in [7, 11) is -1.47. The van der Waals surface area contributed by atoms with E-state index < -0.39 is 7.60 Å². The molecule has 0 bridgehead atoms. The summed E-state index contributed by atoms with van der Waals surface area (Å²) in [6.45, 7) is 4.13. The van der Waals surface area contributed by atoms with Crippen LogP contribution in [0.3, 0.4) is 0 Å². The van der Waals surface area contributed by atoms with Crippen LogP contribution in [0.4, 0.5) is 10.1 Å². The molecule has 0 fully saturated rings. The van der Waals surface area contributed by atoms with Crippen molar-refractivity contribution in [1.29, 1.82) is 0 Å². The predicted molar refractivity (Wildman–Crippen MR) is 127 cm³/mol. The standard InChI is InChI=1S/C24H27FN3O4P/c1-4-31-33(30,32-5-2)17-18-10-13-20(14-11-18)27-23(29)15-12-19-16-26-28(3)24(19)21-8-6-7-9-22(21)25/h6-16H,4-5,17H2,1-3H3,(H,27,29)/b15-12+. The summed E-state index contributed by atoms with van der Waals surface area (Å²) in [6, 6.07) is 13.4. The molecule has 1 aromatic heterocycles. The highest BCUT2D eigenvalue weighted by Gasteiger charge is 2.23. The van der Waals surface area contributed by atoms with E-state index in [2.05, 4.69) is 10.4 Å². The number of benzene rings is 2. The zero-order valence-corrected chi connectivity index (χ0v) is 19.7. The Morgan fingerprint density at radius 2 is 1.79 bits per heavy atom. The number of rotatable bonds is 10. The van der Waals surface area contributed by atoms with Crippen LogP contribution in [0.5, 0.6) is 0 Å². The van der Waals surface area contributed by atoms with E-state index in [9.17, 15) is 13.8 Å². The molecule has 0 aliphatic heterocycles. The molecule has 0 aliphatic rings. The number of aryl methyl sites for hydroxylation is 1. The Morgan fingerprint density at radius 1 is 1.12 bits per heavy atom. The van der Waals surface area contributed by atoms with Crippen molar-refractivity contribution in [1.82, 2.24) is 9.78 Å². The van der Waals surface area contributed by atoms with E-state index in [1.807, 2.05) is 0 Å². The quantitative estimate of drug-likeness (QED) is 0.306. The van der Waals surface area contributed by atoms with E-state index in [1.165, 1.54) is 12.1 Å². The maximum Gasteiger partial charge on any atom is 0.335 e. The summed E-state index contributed by atoms with van der Waals surface area (Å²) < 4.78 is 39.1. The lowest BCUT2D eigenvalue weighted by Crippen LogP contribution is -2.07. The molecular formula is C24H27FN3O4P. The van der Waals surface area contributed by atoms with Gasteiger partial charge in [0.15, 0.2) is 0 Å². The van der Waals surface area contributed by atoms with Crippen LogP contribution in [-0.2, 0) is 31.6 Å². The summed E-state index contributed by atoms with van der Waals surface area (Å²) in [4.78, 5) is 12.4. The van der Waals surface area contributed by atoms with Crippen molar-refractivity contribution >= 4 is 25.3 Å². The van der Waals surface area contributed by atoms with Crippen molar-refractivity contribution in [3.63, 3.8) is 0 Å².